The van der Waals surface area contributed by atoms with Crippen LogP contribution in [-0.4, -0.2) is 35.7 Å². The van der Waals surface area contributed by atoms with Crippen LogP contribution in [0.4, 0.5) is 4.79 Å². The lowest BCUT2D eigenvalue weighted by Crippen LogP contribution is -2.44. The standard InChI is InChI=1S/C34H47NO4/c1-4-6-7-8-9-10-11-12-13-14-15-16-17-18-19-20-21-25-28-38-31(5-2)33(36)35-29(3)32(39-34(35)37)30-26-23-22-24-27-30/h6-7,9-10,12-13,15-16,18-19,22-24,26-27,29,31-32H,4-5,8,11,14,17,20-21,25,28H2,1-3H3/b7-6-,10-9-,13-12-,16-15-,19-18-/t29-,31+,32-/m0/s1. The van der Waals surface area contributed by atoms with Crippen LogP contribution >= 0.6 is 0 Å². The molecule has 1 aliphatic rings. The maximum atomic E-state index is 13.1. The molecule has 5 nitrogen and oxygen atoms in total. The molecule has 2 amide bonds. The molecular formula is C34H47NO4. The number of hydrogen-bond acceptors (Lipinski definition) is 4. The predicted octanol–water partition coefficient (Wildman–Crippen LogP) is 8.81. The summed E-state index contributed by atoms with van der Waals surface area (Å²) in [5.74, 6) is -0.314. The molecule has 212 valence electrons. The monoisotopic (exact) mass is 533 g/mol. The summed E-state index contributed by atoms with van der Waals surface area (Å²) in [5.41, 5.74) is 0.887. The fraction of sp³-hybridized carbons (Fsp3) is 0.471. The number of benzene rings is 1. The summed E-state index contributed by atoms with van der Waals surface area (Å²) in [6, 6.07) is 9.16. The fourth-order valence-corrected chi connectivity index (χ4v) is 4.32. The van der Waals surface area contributed by atoms with Gasteiger partial charge in [-0.1, -0.05) is 105 Å². The van der Waals surface area contributed by atoms with Gasteiger partial charge in [-0.2, -0.15) is 0 Å². The van der Waals surface area contributed by atoms with E-state index in [0.29, 0.717) is 13.0 Å². The van der Waals surface area contributed by atoms with Crippen LogP contribution in [0.2, 0.25) is 0 Å². The largest absolute Gasteiger partial charge is 0.439 e. The second-order valence-corrected chi connectivity index (χ2v) is 9.64. The van der Waals surface area contributed by atoms with Crippen LogP contribution in [-0.2, 0) is 14.3 Å². The number of ether oxygens (including phenoxy) is 2. The third-order valence-corrected chi connectivity index (χ3v) is 6.52. The van der Waals surface area contributed by atoms with Gasteiger partial charge in [0.1, 0.15) is 12.2 Å². The molecule has 1 aromatic carbocycles. The summed E-state index contributed by atoms with van der Waals surface area (Å²) in [6.07, 6.45) is 28.7. The smallest absolute Gasteiger partial charge is 0.417 e. The van der Waals surface area contributed by atoms with Crippen LogP contribution in [0.5, 0.6) is 0 Å². The van der Waals surface area contributed by atoms with Gasteiger partial charge in [0.2, 0.25) is 0 Å². The average molecular weight is 534 g/mol. The van der Waals surface area contributed by atoms with E-state index in [1.165, 1.54) is 4.90 Å². The van der Waals surface area contributed by atoms with Gasteiger partial charge < -0.3 is 9.47 Å². The molecule has 0 saturated carbocycles. The van der Waals surface area contributed by atoms with Crippen molar-refractivity contribution in [2.45, 2.75) is 96.8 Å². The number of nitrogens with zero attached hydrogens (tertiary/aromatic N) is 1. The highest BCUT2D eigenvalue weighted by Gasteiger charge is 2.45. The minimum absolute atomic E-state index is 0.314. The van der Waals surface area contributed by atoms with E-state index in [9.17, 15) is 9.59 Å². The van der Waals surface area contributed by atoms with Gasteiger partial charge in [-0.15, -0.1) is 0 Å². The molecule has 0 bridgehead atoms. The van der Waals surface area contributed by atoms with E-state index in [1.54, 1.807) is 0 Å². The molecule has 1 heterocycles. The molecule has 0 aromatic heterocycles. The molecule has 1 aromatic rings. The van der Waals surface area contributed by atoms with Crippen molar-refractivity contribution < 1.29 is 19.1 Å². The number of allylic oxidation sites excluding steroid dienone is 10. The van der Waals surface area contributed by atoms with Crippen LogP contribution in [0, 0.1) is 0 Å². The summed E-state index contributed by atoms with van der Waals surface area (Å²) in [5, 5.41) is 0. The Bertz CT molecular complexity index is 976. The molecule has 0 N–H and O–H groups in total. The maximum Gasteiger partial charge on any atom is 0.417 e. The van der Waals surface area contributed by atoms with Crippen LogP contribution in [0.3, 0.4) is 0 Å². The van der Waals surface area contributed by atoms with Crippen molar-refractivity contribution in [3.63, 3.8) is 0 Å². The van der Waals surface area contributed by atoms with E-state index in [-0.39, 0.29) is 11.9 Å². The Labute approximate surface area is 236 Å². The van der Waals surface area contributed by atoms with E-state index >= 15 is 0 Å². The van der Waals surface area contributed by atoms with E-state index in [4.69, 9.17) is 9.47 Å². The lowest BCUT2D eigenvalue weighted by Gasteiger charge is -2.24. The van der Waals surface area contributed by atoms with Crippen molar-refractivity contribution in [1.29, 1.82) is 0 Å². The molecule has 1 fully saturated rings. The highest BCUT2D eigenvalue weighted by atomic mass is 16.6. The number of carbonyl (C=O) groups excluding carboxylic acids is 2. The van der Waals surface area contributed by atoms with Crippen molar-refractivity contribution in [2.24, 2.45) is 0 Å². The number of carbonyl (C=O) groups is 2. The Balaban J connectivity index is 1.57. The summed E-state index contributed by atoms with van der Waals surface area (Å²) in [6.45, 7) is 6.39. The number of imide groups is 1. The van der Waals surface area contributed by atoms with Gasteiger partial charge in [-0.3, -0.25) is 4.79 Å². The number of hydrogen-bond donors (Lipinski definition) is 0. The quantitative estimate of drug-likeness (QED) is 0.140. The Morgan fingerprint density at radius 3 is 2.00 bits per heavy atom. The third kappa shape index (κ3) is 12.0. The summed E-state index contributed by atoms with van der Waals surface area (Å²) >= 11 is 0. The van der Waals surface area contributed by atoms with E-state index in [1.807, 2.05) is 44.2 Å². The van der Waals surface area contributed by atoms with Gasteiger partial charge in [0.05, 0.1) is 6.04 Å². The zero-order chi connectivity index (χ0) is 28.1. The molecule has 1 aliphatic heterocycles. The maximum absolute atomic E-state index is 13.1. The first-order valence-corrected chi connectivity index (χ1v) is 14.5. The predicted molar refractivity (Wildman–Crippen MR) is 160 cm³/mol. The highest BCUT2D eigenvalue weighted by Crippen LogP contribution is 2.33. The molecule has 1 saturated heterocycles. The third-order valence-electron chi connectivity index (χ3n) is 6.52. The SMILES string of the molecule is CC/C=C\C/C=C\C/C=C\C/C=C\C/C=C\CCCCO[C@H](CC)C(=O)N1C(=O)O[C@H](c2ccccc2)[C@@H]1C. The van der Waals surface area contributed by atoms with Crippen LogP contribution in [0.25, 0.3) is 0 Å². The van der Waals surface area contributed by atoms with Gasteiger partial charge in [0.15, 0.2) is 0 Å². The van der Waals surface area contributed by atoms with Crippen LogP contribution < -0.4 is 0 Å². The normalized spacial score (nSPS) is 18.9. The minimum atomic E-state index is -0.636. The fourth-order valence-electron chi connectivity index (χ4n) is 4.32. The molecule has 0 spiro atoms. The molecule has 0 unspecified atom stereocenters. The van der Waals surface area contributed by atoms with E-state index in [0.717, 1.165) is 56.9 Å². The summed E-state index contributed by atoms with van der Waals surface area (Å²) in [7, 11) is 0. The zero-order valence-corrected chi connectivity index (χ0v) is 24.0. The summed E-state index contributed by atoms with van der Waals surface area (Å²) in [4.78, 5) is 26.8. The first-order chi connectivity index (χ1) is 19.1. The number of cyclic esters (lactones) is 1. The molecule has 3 atom stereocenters. The average Bonchev–Trinajstić information content (AvgIpc) is 3.25. The van der Waals surface area contributed by atoms with Gasteiger partial charge in [0.25, 0.3) is 5.91 Å². The second kappa shape index (κ2) is 19.8. The Morgan fingerprint density at radius 1 is 0.872 bits per heavy atom. The van der Waals surface area contributed by atoms with Crippen molar-refractivity contribution in [2.75, 3.05) is 6.61 Å². The molecular weight excluding hydrogens is 486 g/mol. The minimum Gasteiger partial charge on any atom is -0.439 e. The lowest BCUT2D eigenvalue weighted by atomic mass is 10.0. The summed E-state index contributed by atoms with van der Waals surface area (Å²) < 4.78 is 11.4. The van der Waals surface area contributed by atoms with Crippen molar-refractivity contribution in [3.8, 4) is 0 Å². The molecule has 2 rings (SSSR count). The number of amides is 2. The van der Waals surface area contributed by atoms with Gasteiger partial charge in [-0.05, 0) is 70.3 Å². The zero-order valence-electron chi connectivity index (χ0n) is 24.0. The van der Waals surface area contributed by atoms with E-state index < -0.39 is 18.3 Å². The Kier molecular flexibility index (Phi) is 16.3. The van der Waals surface area contributed by atoms with Crippen molar-refractivity contribution in [3.05, 3.63) is 96.7 Å². The number of rotatable bonds is 18. The van der Waals surface area contributed by atoms with Gasteiger partial charge in [-0.25, -0.2) is 9.69 Å². The Morgan fingerprint density at radius 2 is 1.44 bits per heavy atom. The van der Waals surface area contributed by atoms with Crippen molar-refractivity contribution >= 4 is 12.0 Å². The lowest BCUT2D eigenvalue weighted by molar-refractivity contribution is -0.141. The Hall–Kier alpha value is -3.18. The molecule has 0 aliphatic carbocycles. The number of unbranched alkanes of at least 4 members (excludes halogenated alkanes) is 2. The molecule has 5 heteroatoms. The van der Waals surface area contributed by atoms with Crippen LogP contribution in [0.15, 0.2) is 91.1 Å². The first-order valence-electron chi connectivity index (χ1n) is 14.5. The second-order valence-electron chi connectivity index (χ2n) is 9.64. The van der Waals surface area contributed by atoms with Gasteiger partial charge in [0, 0.05) is 6.61 Å². The van der Waals surface area contributed by atoms with Crippen LogP contribution in [0.1, 0.15) is 90.2 Å². The first kappa shape index (κ1) is 32.0. The van der Waals surface area contributed by atoms with E-state index in [2.05, 4.69) is 67.7 Å². The topological polar surface area (TPSA) is 55.8 Å². The van der Waals surface area contributed by atoms with Crippen molar-refractivity contribution in [1.82, 2.24) is 4.90 Å². The van der Waals surface area contributed by atoms with Gasteiger partial charge >= 0.3 is 6.09 Å². The molecule has 0 radical (unpaired) electrons. The highest BCUT2D eigenvalue weighted by molar-refractivity contribution is 5.96. The molecule has 39 heavy (non-hydrogen) atoms.